The maximum absolute atomic E-state index is 12.7. The summed E-state index contributed by atoms with van der Waals surface area (Å²) in [6.45, 7) is 1.13. The van der Waals surface area contributed by atoms with Crippen molar-refractivity contribution in [3.63, 3.8) is 0 Å². The van der Waals surface area contributed by atoms with Gasteiger partial charge in [0.1, 0.15) is 5.78 Å². The molecule has 2 bridgehead atoms. The van der Waals surface area contributed by atoms with Gasteiger partial charge in [-0.2, -0.15) is 0 Å². The van der Waals surface area contributed by atoms with Crippen LogP contribution in [0.25, 0.3) is 0 Å². The number of carbonyl (C=O) groups is 1. The standard InChI is InChI=1S/C16H19NO.HI/c18-15-7-3-6-13-14-10-11-4-1-2-5-12(11)16(13,15)8-9-17-14;/h1-2,4-5,13-14,17H,3,6-10H2;1H/t13-,14+,16+;/m0./s1. The van der Waals surface area contributed by atoms with Gasteiger partial charge in [-0.1, -0.05) is 24.3 Å². The number of benzene rings is 1. The largest absolute Gasteiger partial charge is 1.00 e. The second-order valence-corrected chi connectivity index (χ2v) is 6.19. The molecule has 2 fully saturated rings. The van der Waals surface area contributed by atoms with Gasteiger partial charge in [-0.25, -0.2) is 0 Å². The third kappa shape index (κ3) is 1.74. The third-order valence-electron chi connectivity index (χ3n) is 5.53. The second-order valence-electron chi connectivity index (χ2n) is 6.19. The van der Waals surface area contributed by atoms with E-state index in [1.807, 2.05) is 0 Å². The van der Waals surface area contributed by atoms with E-state index in [0.717, 1.165) is 32.2 Å². The first-order valence-electron chi connectivity index (χ1n) is 7.27. The molecule has 2 nitrogen and oxygen atoms in total. The molecule has 1 aliphatic heterocycles. The van der Waals surface area contributed by atoms with Gasteiger partial charge in [0.25, 0.3) is 0 Å². The first-order chi connectivity index (χ1) is 8.82. The molecular weight excluding hydrogens is 349 g/mol. The van der Waals surface area contributed by atoms with Gasteiger partial charge in [-0.05, 0) is 24.0 Å². The van der Waals surface area contributed by atoms with Gasteiger partial charge in [0.2, 0.25) is 0 Å². The molecule has 2 N–H and O–H groups in total. The molecular formula is C16H20INO. The SMILES string of the molecule is O=C1CCC[C@H]2[C@H]3Cc4ccccc4[C@@]12CC[NH2+]3.[I-]. The van der Waals surface area contributed by atoms with Crippen molar-refractivity contribution in [3.05, 3.63) is 35.4 Å². The normalized spacial score (nSPS) is 35.9. The van der Waals surface area contributed by atoms with Crippen LogP contribution in [0.15, 0.2) is 24.3 Å². The molecule has 2 aliphatic carbocycles. The first kappa shape index (κ1) is 13.6. The number of fused-ring (bicyclic) bond motifs is 1. The second kappa shape index (κ2) is 4.85. The summed E-state index contributed by atoms with van der Waals surface area (Å²) in [6.07, 6.45) is 5.39. The third-order valence-corrected chi connectivity index (χ3v) is 5.53. The Morgan fingerprint density at radius 3 is 3.00 bits per heavy atom. The van der Waals surface area contributed by atoms with Crippen molar-refractivity contribution in [1.82, 2.24) is 0 Å². The van der Waals surface area contributed by atoms with Crippen LogP contribution in [0.1, 0.15) is 36.8 Å². The number of quaternary nitrogens is 1. The minimum absolute atomic E-state index is 0. The lowest BCUT2D eigenvalue weighted by Crippen LogP contribution is -3.00. The van der Waals surface area contributed by atoms with Crippen molar-refractivity contribution < 1.29 is 34.1 Å². The van der Waals surface area contributed by atoms with Crippen molar-refractivity contribution in [2.24, 2.45) is 5.92 Å². The zero-order valence-corrected chi connectivity index (χ0v) is 13.2. The van der Waals surface area contributed by atoms with Gasteiger partial charge in [0, 0.05) is 25.2 Å². The average molecular weight is 369 g/mol. The molecule has 3 aliphatic rings. The van der Waals surface area contributed by atoms with Crippen molar-refractivity contribution in [2.75, 3.05) is 6.54 Å². The highest BCUT2D eigenvalue weighted by molar-refractivity contribution is 5.92. The number of Topliss-reactive ketones (excluding diaryl/α,β-unsaturated/α-hetero) is 1. The van der Waals surface area contributed by atoms with Crippen molar-refractivity contribution in [3.8, 4) is 0 Å². The summed E-state index contributed by atoms with van der Waals surface area (Å²) in [6, 6.07) is 9.36. The topological polar surface area (TPSA) is 33.7 Å². The number of hydrogen-bond donors (Lipinski definition) is 1. The van der Waals surface area contributed by atoms with Gasteiger partial charge in [-0.15, -0.1) is 0 Å². The Morgan fingerprint density at radius 1 is 1.26 bits per heavy atom. The number of piperidine rings is 1. The lowest BCUT2D eigenvalue weighted by atomic mass is 9.52. The van der Waals surface area contributed by atoms with E-state index in [2.05, 4.69) is 29.6 Å². The van der Waals surface area contributed by atoms with Crippen LogP contribution in [0.5, 0.6) is 0 Å². The highest BCUT2D eigenvalue weighted by Gasteiger charge is 2.57. The maximum Gasteiger partial charge on any atom is 0.144 e. The van der Waals surface area contributed by atoms with Crippen LogP contribution in [0.2, 0.25) is 0 Å². The van der Waals surface area contributed by atoms with Gasteiger partial charge in [0.05, 0.1) is 18.0 Å². The Labute approximate surface area is 131 Å². The Kier molecular flexibility index (Phi) is 3.46. The average Bonchev–Trinajstić information content (AvgIpc) is 2.39. The van der Waals surface area contributed by atoms with Crippen LogP contribution in [-0.4, -0.2) is 18.4 Å². The summed E-state index contributed by atoms with van der Waals surface area (Å²) in [7, 11) is 0. The van der Waals surface area contributed by atoms with E-state index in [1.165, 1.54) is 17.5 Å². The summed E-state index contributed by atoms with van der Waals surface area (Å²) in [5.74, 6) is 1.13. The highest BCUT2D eigenvalue weighted by Crippen LogP contribution is 2.50. The minimum atomic E-state index is -0.105. The minimum Gasteiger partial charge on any atom is -1.00 e. The van der Waals surface area contributed by atoms with Crippen molar-refractivity contribution >= 4 is 5.78 Å². The summed E-state index contributed by atoms with van der Waals surface area (Å²) in [5, 5.41) is 2.50. The van der Waals surface area contributed by atoms with Crippen molar-refractivity contribution in [1.29, 1.82) is 0 Å². The summed E-state index contributed by atoms with van der Waals surface area (Å²) in [5.41, 5.74) is 2.71. The number of ketones is 1. The fourth-order valence-corrected chi connectivity index (χ4v) is 4.85. The van der Waals surface area contributed by atoms with E-state index in [0.29, 0.717) is 17.7 Å². The van der Waals surface area contributed by atoms with E-state index in [9.17, 15) is 4.79 Å². The van der Waals surface area contributed by atoms with Crippen LogP contribution >= 0.6 is 0 Å². The number of nitrogens with two attached hydrogens (primary N) is 1. The van der Waals surface area contributed by atoms with E-state index in [-0.39, 0.29) is 29.4 Å². The molecule has 1 aromatic carbocycles. The molecule has 0 unspecified atom stereocenters. The molecule has 0 spiro atoms. The van der Waals surface area contributed by atoms with E-state index >= 15 is 0 Å². The molecule has 19 heavy (non-hydrogen) atoms. The number of halogens is 1. The lowest BCUT2D eigenvalue weighted by molar-refractivity contribution is -0.709. The number of rotatable bonds is 0. The molecule has 0 radical (unpaired) electrons. The first-order valence-corrected chi connectivity index (χ1v) is 7.27. The monoisotopic (exact) mass is 369 g/mol. The van der Waals surface area contributed by atoms with Gasteiger partial charge in [0.15, 0.2) is 0 Å². The molecule has 0 amide bonds. The number of hydrogen-bond acceptors (Lipinski definition) is 1. The van der Waals surface area contributed by atoms with Crippen LogP contribution in [0.3, 0.4) is 0 Å². The molecule has 3 heteroatoms. The van der Waals surface area contributed by atoms with Crippen LogP contribution < -0.4 is 29.3 Å². The van der Waals surface area contributed by atoms with Gasteiger partial charge >= 0.3 is 0 Å². The smallest absolute Gasteiger partial charge is 0.144 e. The highest BCUT2D eigenvalue weighted by atomic mass is 127. The predicted octanol–water partition coefficient (Wildman–Crippen LogP) is -1.81. The zero-order valence-electron chi connectivity index (χ0n) is 11.1. The fraction of sp³-hybridized carbons (Fsp3) is 0.562. The molecule has 4 rings (SSSR count). The predicted molar refractivity (Wildman–Crippen MR) is 69.4 cm³/mol. The zero-order chi connectivity index (χ0) is 12.2. The fourth-order valence-electron chi connectivity index (χ4n) is 4.85. The van der Waals surface area contributed by atoms with E-state index in [1.54, 1.807) is 0 Å². The quantitative estimate of drug-likeness (QED) is 0.538. The van der Waals surface area contributed by atoms with E-state index in [4.69, 9.17) is 0 Å². The molecule has 1 saturated heterocycles. The Bertz CT molecular complexity index is 515. The Morgan fingerprint density at radius 2 is 2.11 bits per heavy atom. The Balaban J connectivity index is 0.00000110. The van der Waals surface area contributed by atoms with E-state index < -0.39 is 0 Å². The lowest BCUT2D eigenvalue weighted by Gasteiger charge is -2.52. The molecule has 1 aromatic rings. The molecule has 1 heterocycles. The van der Waals surface area contributed by atoms with Crippen LogP contribution in [-0.2, 0) is 16.6 Å². The summed E-state index contributed by atoms with van der Waals surface area (Å²) >= 11 is 0. The van der Waals surface area contributed by atoms with Gasteiger partial charge < -0.3 is 29.3 Å². The molecule has 0 aromatic heterocycles. The van der Waals surface area contributed by atoms with Crippen LogP contribution in [0.4, 0.5) is 0 Å². The molecule has 3 atom stereocenters. The number of carbonyl (C=O) groups excluding carboxylic acids is 1. The van der Waals surface area contributed by atoms with Gasteiger partial charge in [-0.3, -0.25) is 4.79 Å². The maximum atomic E-state index is 12.7. The summed E-state index contributed by atoms with van der Waals surface area (Å²) in [4.78, 5) is 12.7. The van der Waals surface area contributed by atoms with Crippen molar-refractivity contribution in [2.45, 2.75) is 43.6 Å². The summed E-state index contributed by atoms with van der Waals surface area (Å²) < 4.78 is 0. The Hall–Kier alpha value is -0.420. The molecule has 1 saturated carbocycles. The molecule has 102 valence electrons. The van der Waals surface area contributed by atoms with Crippen LogP contribution in [0, 0.1) is 5.92 Å².